The minimum atomic E-state index is -0.786. The van der Waals surface area contributed by atoms with Crippen molar-refractivity contribution in [2.45, 2.75) is 40.0 Å². The maximum Gasteiger partial charge on any atom is 0.303 e. The van der Waals surface area contributed by atoms with Gasteiger partial charge >= 0.3 is 5.97 Å². The molecule has 0 aliphatic heterocycles. The molecule has 2 aromatic rings. The van der Waals surface area contributed by atoms with E-state index in [1.165, 1.54) is 0 Å². The molecule has 0 spiro atoms. The van der Waals surface area contributed by atoms with Gasteiger partial charge in [0.2, 0.25) is 0 Å². The summed E-state index contributed by atoms with van der Waals surface area (Å²) in [5, 5.41) is 10.6. The topological polar surface area (TPSA) is 50.2 Å². The molecule has 0 atom stereocenters. The molecule has 1 N–H and O–H groups in total. The van der Waals surface area contributed by atoms with Crippen LogP contribution in [0.4, 0.5) is 0 Å². The van der Waals surface area contributed by atoms with Gasteiger partial charge in [0.1, 0.15) is 0 Å². The summed E-state index contributed by atoms with van der Waals surface area (Å²) in [6.07, 6.45) is 1.46. The normalized spacial score (nSPS) is 11.0. The van der Waals surface area contributed by atoms with Crippen LogP contribution in [-0.4, -0.2) is 16.1 Å². The highest BCUT2D eigenvalue weighted by atomic mass is 35.5. The smallest absolute Gasteiger partial charge is 0.303 e. The molecule has 1 aromatic carbocycles. The highest BCUT2D eigenvalue weighted by molar-refractivity contribution is 6.32. The lowest BCUT2D eigenvalue weighted by molar-refractivity contribution is -0.136. The second-order valence-electron chi connectivity index (χ2n) is 5.03. The Kier molecular flexibility index (Phi) is 4.29. The van der Waals surface area contributed by atoms with Crippen molar-refractivity contribution < 1.29 is 9.90 Å². The molecule has 2 rings (SSSR count). The first-order valence-electron chi connectivity index (χ1n) is 6.74. The summed E-state index contributed by atoms with van der Waals surface area (Å²) in [6.45, 7) is 6.02. The van der Waals surface area contributed by atoms with Gasteiger partial charge in [-0.1, -0.05) is 18.5 Å². The van der Waals surface area contributed by atoms with E-state index in [9.17, 15) is 4.79 Å². The molecule has 0 saturated carbocycles. The molecule has 0 saturated heterocycles. The molecule has 106 valence electrons. The van der Waals surface area contributed by atoms with E-state index in [0.717, 1.165) is 39.7 Å². The minimum Gasteiger partial charge on any atom is -0.481 e. The monoisotopic (exact) mass is 291 g/mol. The minimum absolute atomic E-state index is 0.120. The molecule has 20 heavy (non-hydrogen) atoms. The Bertz CT molecular complexity index is 680. The number of carbonyl (C=O) groups is 1. The van der Waals surface area contributed by atoms with Crippen LogP contribution in [-0.2, 0) is 17.6 Å². The van der Waals surface area contributed by atoms with Gasteiger partial charge in [0.05, 0.1) is 5.52 Å². The van der Waals surface area contributed by atoms with E-state index in [2.05, 4.69) is 11.9 Å². The first-order chi connectivity index (χ1) is 9.43. The Morgan fingerprint density at radius 3 is 2.65 bits per heavy atom. The van der Waals surface area contributed by atoms with Crippen molar-refractivity contribution in [2.75, 3.05) is 0 Å². The van der Waals surface area contributed by atoms with Crippen LogP contribution < -0.4 is 0 Å². The molecule has 3 nitrogen and oxygen atoms in total. The van der Waals surface area contributed by atoms with Gasteiger partial charge in [-0.25, -0.2) is 0 Å². The van der Waals surface area contributed by atoms with Gasteiger partial charge in [-0.3, -0.25) is 9.78 Å². The van der Waals surface area contributed by atoms with E-state index in [1.54, 1.807) is 0 Å². The number of carboxylic acids is 1. The molecule has 0 aliphatic rings. The van der Waals surface area contributed by atoms with Gasteiger partial charge in [-0.2, -0.15) is 0 Å². The second kappa shape index (κ2) is 5.80. The van der Waals surface area contributed by atoms with Crippen LogP contribution >= 0.6 is 11.6 Å². The molecule has 0 amide bonds. The van der Waals surface area contributed by atoms with Crippen LogP contribution in [0.25, 0.3) is 10.9 Å². The van der Waals surface area contributed by atoms with Crippen LogP contribution in [0.3, 0.4) is 0 Å². The lowest BCUT2D eigenvalue weighted by atomic mass is 9.96. The van der Waals surface area contributed by atoms with Crippen LogP contribution in [0.5, 0.6) is 0 Å². The average molecular weight is 292 g/mol. The highest BCUT2D eigenvalue weighted by Crippen LogP contribution is 2.29. The third-order valence-corrected chi connectivity index (χ3v) is 4.07. The maximum atomic E-state index is 10.9. The summed E-state index contributed by atoms with van der Waals surface area (Å²) >= 11 is 6.20. The van der Waals surface area contributed by atoms with Crippen molar-refractivity contribution in [3.05, 3.63) is 39.5 Å². The lowest BCUT2D eigenvalue weighted by Gasteiger charge is -2.14. The van der Waals surface area contributed by atoms with Crippen molar-refractivity contribution >= 4 is 28.5 Å². The Labute approximate surface area is 123 Å². The van der Waals surface area contributed by atoms with Crippen LogP contribution in [0, 0.1) is 13.8 Å². The van der Waals surface area contributed by atoms with Gasteiger partial charge < -0.3 is 5.11 Å². The predicted molar refractivity (Wildman–Crippen MR) is 81.6 cm³/mol. The zero-order chi connectivity index (χ0) is 14.9. The van der Waals surface area contributed by atoms with Gasteiger partial charge in [0, 0.05) is 22.5 Å². The van der Waals surface area contributed by atoms with E-state index in [-0.39, 0.29) is 6.42 Å². The zero-order valence-corrected chi connectivity index (χ0v) is 12.7. The van der Waals surface area contributed by atoms with Gasteiger partial charge in [-0.05, 0) is 55.5 Å². The number of rotatable bonds is 4. The van der Waals surface area contributed by atoms with E-state index in [0.29, 0.717) is 11.4 Å². The Balaban J connectivity index is 2.69. The van der Waals surface area contributed by atoms with Crippen molar-refractivity contribution in [3.8, 4) is 0 Å². The predicted octanol–water partition coefficient (Wildman–Crippen LogP) is 4.08. The highest BCUT2D eigenvalue weighted by Gasteiger charge is 2.13. The van der Waals surface area contributed by atoms with E-state index in [1.807, 2.05) is 26.0 Å². The number of nitrogens with zero attached hydrogens (tertiary/aromatic N) is 1. The summed E-state index contributed by atoms with van der Waals surface area (Å²) in [5.41, 5.74) is 5.05. The van der Waals surface area contributed by atoms with Gasteiger partial charge in [0.15, 0.2) is 0 Å². The Morgan fingerprint density at radius 2 is 2.05 bits per heavy atom. The molecule has 1 aromatic heterocycles. The molecule has 0 bridgehead atoms. The number of halogens is 1. The number of aromatic nitrogens is 1. The number of hydrogen-bond donors (Lipinski definition) is 1. The van der Waals surface area contributed by atoms with Crippen molar-refractivity contribution in [2.24, 2.45) is 0 Å². The van der Waals surface area contributed by atoms with E-state index >= 15 is 0 Å². The fraction of sp³-hybridized carbons (Fsp3) is 0.375. The third kappa shape index (κ3) is 2.78. The standard InChI is InChI=1S/C16H18ClNO2/c1-4-14-10(3)11(5-6-16(19)20)12-8-13(17)9(2)7-15(12)18-14/h7-8H,4-6H2,1-3H3,(H,19,20). The number of pyridine rings is 1. The van der Waals surface area contributed by atoms with Crippen molar-refractivity contribution in [1.82, 2.24) is 4.98 Å². The summed E-state index contributed by atoms with van der Waals surface area (Å²) < 4.78 is 0. The number of carboxylic acid groups (broad SMARTS) is 1. The molecular weight excluding hydrogens is 274 g/mol. The summed E-state index contributed by atoms with van der Waals surface area (Å²) in [5.74, 6) is -0.786. The summed E-state index contributed by atoms with van der Waals surface area (Å²) in [4.78, 5) is 15.5. The van der Waals surface area contributed by atoms with Crippen molar-refractivity contribution in [1.29, 1.82) is 0 Å². The summed E-state index contributed by atoms with van der Waals surface area (Å²) in [7, 11) is 0. The first-order valence-corrected chi connectivity index (χ1v) is 7.11. The largest absolute Gasteiger partial charge is 0.481 e. The number of fused-ring (bicyclic) bond motifs is 1. The quantitative estimate of drug-likeness (QED) is 0.923. The van der Waals surface area contributed by atoms with E-state index < -0.39 is 5.97 Å². The van der Waals surface area contributed by atoms with Crippen molar-refractivity contribution in [3.63, 3.8) is 0 Å². The van der Waals surface area contributed by atoms with Crippen LogP contribution in [0.15, 0.2) is 12.1 Å². The van der Waals surface area contributed by atoms with Crippen LogP contribution in [0.2, 0.25) is 5.02 Å². The van der Waals surface area contributed by atoms with Gasteiger partial charge in [0.25, 0.3) is 0 Å². The first kappa shape index (κ1) is 14.8. The molecule has 0 radical (unpaired) electrons. The molecule has 0 fully saturated rings. The maximum absolute atomic E-state index is 10.9. The lowest BCUT2D eigenvalue weighted by Crippen LogP contribution is -2.04. The summed E-state index contributed by atoms with van der Waals surface area (Å²) in [6, 6.07) is 3.88. The Morgan fingerprint density at radius 1 is 1.35 bits per heavy atom. The van der Waals surface area contributed by atoms with E-state index in [4.69, 9.17) is 16.7 Å². The fourth-order valence-corrected chi connectivity index (χ4v) is 2.67. The number of hydrogen-bond acceptors (Lipinski definition) is 2. The molecular formula is C16H18ClNO2. The molecule has 4 heteroatoms. The molecule has 0 unspecified atom stereocenters. The van der Waals surface area contributed by atoms with Gasteiger partial charge in [-0.15, -0.1) is 0 Å². The average Bonchev–Trinajstić information content (AvgIpc) is 2.39. The number of benzene rings is 1. The number of aliphatic carboxylic acids is 1. The number of aryl methyl sites for hydroxylation is 3. The zero-order valence-electron chi connectivity index (χ0n) is 12.0. The van der Waals surface area contributed by atoms with Crippen LogP contribution in [0.1, 0.15) is 35.7 Å². The molecule has 1 heterocycles. The third-order valence-electron chi connectivity index (χ3n) is 3.67. The SMILES string of the molecule is CCc1nc2cc(C)c(Cl)cc2c(CCC(=O)O)c1C. The molecule has 0 aliphatic carbocycles. The fourth-order valence-electron chi connectivity index (χ4n) is 2.50. The second-order valence-corrected chi connectivity index (χ2v) is 5.44. The Hall–Kier alpha value is -1.61.